The van der Waals surface area contributed by atoms with E-state index in [1.54, 1.807) is 24.3 Å². The minimum Gasteiger partial charge on any atom is -0.506 e. The predicted octanol–water partition coefficient (Wildman–Crippen LogP) is 5.37. The minimum absolute atomic E-state index is 0.0880. The molecular weight excluding hydrogens is 480 g/mol. The molecule has 0 radical (unpaired) electrons. The first-order chi connectivity index (χ1) is 11.5. The molecule has 9 heteroatoms. The van der Waals surface area contributed by atoms with Crippen LogP contribution in [0.2, 0.25) is 5.02 Å². The summed E-state index contributed by atoms with van der Waals surface area (Å²) in [5.74, 6) is 0.631. The van der Waals surface area contributed by atoms with Crippen LogP contribution in [0.25, 0.3) is 11.4 Å². The number of hydrogen-bond donors (Lipinski definition) is 2. The van der Waals surface area contributed by atoms with Crippen molar-refractivity contribution in [1.29, 1.82) is 0 Å². The molecular formula is C15H9Br2ClN4OS. The zero-order chi connectivity index (χ0) is 17.3. The van der Waals surface area contributed by atoms with Crippen molar-refractivity contribution in [2.75, 3.05) is 0 Å². The van der Waals surface area contributed by atoms with Crippen LogP contribution in [0.3, 0.4) is 0 Å². The summed E-state index contributed by atoms with van der Waals surface area (Å²) < 4.78 is 3.19. The van der Waals surface area contributed by atoms with E-state index in [0.29, 0.717) is 25.7 Å². The molecule has 0 fully saturated rings. The van der Waals surface area contributed by atoms with Crippen molar-refractivity contribution in [3.8, 4) is 17.1 Å². The lowest BCUT2D eigenvalue weighted by Gasteiger charge is -2.04. The number of benzene rings is 2. The highest BCUT2D eigenvalue weighted by Gasteiger charge is 2.09. The van der Waals surface area contributed by atoms with Crippen LogP contribution in [0, 0.1) is 4.77 Å². The molecule has 0 bridgehead atoms. The van der Waals surface area contributed by atoms with E-state index < -0.39 is 0 Å². The first-order valence-corrected chi connectivity index (χ1v) is 8.98. The second-order valence-corrected chi connectivity index (χ2v) is 7.33. The largest absolute Gasteiger partial charge is 0.506 e. The lowest BCUT2D eigenvalue weighted by atomic mass is 10.2. The normalized spacial score (nSPS) is 11.3. The Morgan fingerprint density at radius 3 is 2.67 bits per heavy atom. The molecule has 24 heavy (non-hydrogen) atoms. The molecule has 3 rings (SSSR count). The number of aromatic amines is 1. The van der Waals surface area contributed by atoms with E-state index in [-0.39, 0.29) is 5.75 Å². The second kappa shape index (κ2) is 7.18. The van der Waals surface area contributed by atoms with E-state index in [0.717, 1.165) is 10.0 Å². The standard InChI is InChI=1S/C15H9Br2ClN4OS/c16-10-5-9(13(23)12(17)6-10)7-19-22-14(20-21-15(22)24)8-1-3-11(18)4-2-8/h1-7,23H,(H,21,24)/b19-7+. The molecule has 1 aromatic heterocycles. The summed E-state index contributed by atoms with van der Waals surface area (Å²) in [5.41, 5.74) is 1.34. The van der Waals surface area contributed by atoms with Crippen LogP contribution in [0.4, 0.5) is 0 Å². The van der Waals surface area contributed by atoms with Crippen LogP contribution in [0.15, 0.2) is 50.4 Å². The van der Waals surface area contributed by atoms with Crippen LogP contribution in [0.1, 0.15) is 5.56 Å². The topological polar surface area (TPSA) is 66.2 Å². The summed E-state index contributed by atoms with van der Waals surface area (Å²) in [4.78, 5) is 0. The molecule has 3 aromatic rings. The van der Waals surface area contributed by atoms with E-state index >= 15 is 0 Å². The molecule has 0 aliphatic heterocycles. The number of aromatic nitrogens is 3. The zero-order valence-electron chi connectivity index (χ0n) is 11.9. The average molecular weight is 489 g/mol. The summed E-state index contributed by atoms with van der Waals surface area (Å²) in [5, 5.41) is 22.0. The first kappa shape index (κ1) is 17.3. The number of phenolic OH excluding ortho intramolecular Hbond substituents is 1. The van der Waals surface area contributed by atoms with Gasteiger partial charge in [0.1, 0.15) is 5.75 Å². The second-order valence-electron chi connectivity index (χ2n) is 4.74. The molecule has 0 aliphatic rings. The van der Waals surface area contributed by atoms with Gasteiger partial charge in [0.05, 0.1) is 10.7 Å². The summed E-state index contributed by atoms with van der Waals surface area (Å²) in [6.07, 6.45) is 1.51. The van der Waals surface area contributed by atoms with Crippen molar-refractivity contribution in [3.63, 3.8) is 0 Å². The molecule has 122 valence electrons. The lowest BCUT2D eigenvalue weighted by Crippen LogP contribution is -1.95. The van der Waals surface area contributed by atoms with Gasteiger partial charge >= 0.3 is 0 Å². The number of rotatable bonds is 3. The Balaban J connectivity index is 2.04. The fourth-order valence-corrected chi connectivity index (χ4v) is 3.55. The molecule has 2 N–H and O–H groups in total. The fourth-order valence-electron chi connectivity index (χ4n) is 1.99. The van der Waals surface area contributed by atoms with Crippen molar-refractivity contribution in [1.82, 2.24) is 14.9 Å². The van der Waals surface area contributed by atoms with Crippen molar-refractivity contribution in [2.45, 2.75) is 0 Å². The maximum Gasteiger partial charge on any atom is 0.216 e. The summed E-state index contributed by atoms with van der Waals surface area (Å²) in [7, 11) is 0. The summed E-state index contributed by atoms with van der Waals surface area (Å²) in [6.45, 7) is 0. The third kappa shape index (κ3) is 3.61. The molecule has 1 heterocycles. The minimum atomic E-state index is 0.0880. The smallest absolute Gasteiger partial charge is 0.216 e. The number of hydrogen-bond acceptors (Lipinski definition) is 4. The highest BCUT2D eigenvalue weighted by atomic mass is 79.9. The number of aromatic hydroxyl groups is 1. The van der Waals surface area contributed by atoms with Gasteiger partial charge in [0.2, 0.25) is 4.77 Å². The number of halogens is 3. The van der Waals surface area contributed by atoms with Crippen molar-refractivity contribution < 1.29 is 5.11 Å². The van der Waals surface area contributed by atoms with Crippen molar-refractivity contribution >= 4 is 61.9 Å². The molecule has 0 saturated carbocycles. The van der Waals surface area contributed by atoms with Gasteiger partial charge in [0, 0.05) is 20.6 Å². The fraction of sp³-hybridized carbons (Fsp3) is 0. The van der Waals surface area contributed by atoms with Gasteiger partial charge in [-0.1, -0.05) is 27.5 Å². The van der Waals surface area contributed by atoms with Gasteiger partial charge in [-0.2, -0.15) is 14.9 Å². The molecule has 0 amide bonds. The molecule has 2 aromatic carbocycles. The summed E-state index contributed by atoms with van der Waals surface area (Å²) >= 11 is 17.8. The molecule has 0 aliphatic carbocycles. The van der Waals surface area contributed by atoms with Crippen LogP contribution >= 0.6 is 55.7 Å². The Morgan fingerprint density at radius 2 is 1.96 bits per heavy atom. The van der Waals surface area contributed by atoms with Crippen LogP contribution in [-0.2, 0) is 0 Å². The van der Waals surface area contributed by atoms with E-state index in [1.165, 1.54) is 10.9 Å². The zero-order valence-corrected chi connectivity index (χ0v) is 16.6. The monoisotopic (exact) mass is 486 g/mol. The van der Waals surface area contributed by atoms with E-state index in [2.05, 4.69) is 47.2 Å². The van der Waals surface area contributed by atoms with Crippen molar-refractivity contribution in [2.24, 2.45) is 5.10 Å². The molecule has 0 saturated heterocycles. The Morgan fingerprint density at radius 1 is 1.25 bits per heavy atom. The number of nitrogens with one attached hydrogen (secondary N) is 1. The van der Waals surface area contributed by atoms with Gasteiger partial charge in [-0.05, 0) is 64.5 Å². The predicted molar refractivity (Wildman–Crippen MR) is 104 cm³/mol. The van der Waals surface area contributed by atoms with Gasteiger partial charge in [-0.25, -0.2) is 5.10 Å². The van der Waals surface area contributed by atoms with Crippen LogP contribution < -0.4 is 0 Å². The van der Waals surface area contributed by atoms with Crippen LogP contribution in [0.5, 0.6) is 5.75 Å². The highest BCUT2D eigenvalue weighted by molar-refractivity contribution is 9.11. The number of nitrogens with zero attached hydrogens (tertiary/aromatic N) is 3. The van der Waals surface area contributed by atoms with Gasteiger partial charge in [-0.15, -0.1) is 0 Å². The highest BCUT2D eigenvalue weighted by Crippen LogP contribution is 2.30. The number of phenols is 1. The Bertz CT molecular complexity index is 982. The van der Waals surface area contributed by atoms with E-state index in [9.17, 15) is 5.11 Å². The SMILES string of the molecule is Oc1c(Br)cc(Br)cc1/C=N/n1c(-c2ccc(Cl)cc2)n[nH]c1=S. The Hall–Kier alpha value is -1.48. The summed E-state index contributed by atoms with van der Waals surface area (Å²) in [6, 6.07) is 10.7. The molecule has 0 atom stereocenters. The third-order valence-corrected chi connectivity index (χ3v) is 4.70. The average Bonchev–Trinajstić information content (AvgIpc) is 2.91. The van der Waals surface area contributed by atoms with Crippen molar-refractivity contribution in [3.05, 3.63) is 60.7 Å². The number of H-pyrrole nitrogens is 1. The van der Waals surface area contributed by atoms with Crippen LogP contribution in [-0.4, -0.2) is 26.2 Å². The Kier molecular flexibility index (Phi) is 5.19. The van der Waals surface area contributed by atoms with Gasteiger partial charge in [0.25, 0.3) is 0 Å². The van der Waals surface area contributed by atoms with Gasteiger partial charge in [-0.3, -0.25) is 0 Å². The third-order valence-electron chi connectivity index (χ3n) is 3.12. The molecule has 5 nitrogen and oxygen atoms in total. The first-order valence-electron chi connectivity index (χ1n) is 6.61. The Labute approximate surface area is 164 Å². The van der Waals surface area contributed by atoms with Gasteiger partial charge in [0.15, 0.2) is 5.82 Å². The molecule has 0 spiro atoms. The van der Waals surface area contributed by atoms with Gasteiger partial charge < -0.3 is 5.11 Å². The van der Waals surface area contributed by atoms with E-state index in [4.69, 9.17) is 23.8 Å². The molecule has 0 unspecified atom stereocenters. The maximum absolute atomic E-state index is 10.1. The maximum atomic E-state index is 10.1. The van der Waals surface area contributed by atoms with E-state index in [1.807, 2.05) is 12.1 Å². The quantitative estimate of drug-likeness (QED) is 0.385. The lowest BCUT2D eigenvalue weighted by molar-refractivity contribution is 0.471.